The van der Waals surface area contributed by atoms with Crippen LogP contribution in [0.25, 0.3) is 10.2 Å². The molecular weight excluding hydrogens is 410 g/mol. The van der Waals surface area contributed by atoms with Gasteiger partial charge in [0.05, 0.1) is 29.0 Å². The first kappa shape index (κ1) is 21.1. The molecule has 0 atom stereocenters. The maximum atomic E-state index is 12.8. The van der Waals surface area contributed by atoms with Gasteiger partial charge in [0.25, 0.3) is 5.56 Å². The number of H-pyrrole nitrogens is 1. The number of carbonyl (C=O) groups excluding carboxylic acids is 2. The lowest BCUT2D eigenvalue weighted by atomic mass is 10.1. The Hall–Kier alpha value is -2.65. The van der Waals surface area contributed by atoms with Crippen LogP contribution >= 0.6 is 23.1 Å². The summed E-state index contributed by atoms with van der Waals surface area (Å²) in [5.74, 6) is -0.560. The summed E-state index contributed by atoms with van der Waals surface area (Å²) < 4.78 is 6.58. The third-order valence-electron chi connectivity index (χ3n) is 4.39. The number of Topliss-reactive ketones (excluding diaryl/α,β-unsaturated/α-hetero) is 1. The number of ether oxygens (including phenoxy) is 1. The first-order chi connectivity index (χ1) is 13.9. The molecule has 0 aliphatic rings. The van der Waals surface area contributed by atoms with Crippen LogP contribution in [0, 0.1) is 13.8 Å². The summed E-state index contributed by atoms with van der Waals surface area (Å²) in [6.07, 6.45) is 1.62. The van der Waals surface area contributed by atoms with Crippen LogP contribution < -0.4 is 5.56 Å². The van der Waals surface area contributed by atoms with Gasteiger partial charge in [0.15, 0.2) is 10.9 Å². The molecule has 0 aliphatic carbocycles. The molecule has 0 radical (unpaired) electrons. The molecular formula is C20H21N3O4S2. The lowest BCUT2D eigenvalue weighted by Gasteiger charge is -2.09. The fraction of sp³-hybridized carbons (Fsp3) is 0.300. The second-order valence-electron chi connectivity index (χ2n) is 6.30. The van der Waals surface area contributed by atoms with Crippen molar-refractivity contribution in [3.63, 3.8) is 0 Å². The Morgan fingerprint density at radius 2 is 2.17 bits per heavy atom. The Morgan fingerprint density at radius 3 is 2.86 bits per heavy atom. The van der Waals surface area contributed by atoms with Gasteiger partial charge in [-0.25, -0.2) is 9.78 Å². The van der Waals surface area contributed by atoms with Crippen LogP contribution in [0.1, 0.15) is 39.0 Å². The van der Waals surface area contributed by atoms with Crippen LogP contribution in [0.4, 0.5) is 0 Å². The largest absolute Gasteiger partial charge is 0.462 e. The van der Waals surface area contributed by atoms with E-state index in [0.717, 1.165) is 0 Å². The first-order valence-corrected chi connectivity index (χ1v) is 10.9. The molecule has 29 heavy (non-hydrogen) atoms. The number of hydrogen-bond donors (Lipinski definition) is 1. The van der Waals surface area contributed by atoms with E-state index in [1.165, 1.54) is 27.7 Å². The molecule has 1 N–H and O–H groups in total. The molecule has 3 aromatic rings. The van der Waals surface area contributed by atoms with Gasteiger partial charge in [-0.1, -0.05) is 17.8 Å². The van der Waals surface area contributed by atoms with Gasteiger partial charge in [0.2, 0.25) is 0 Å². The molecule has 3 rings (SSSR count). The second-order valence-corrected chi connectivity index (χ2v) is 8.13. The summed E-state index contributed by atoms with van der Waals surface area (Å²) >= 11 is 2.57. The molecule has 0 aromatic carbocycles. The van der Waals surface area contributed by atoms with E-state index in [-0.39, 0.29) is 23.7 Å². The lowest BCUT2D eigenvalue weighted by molar-refractivity contribution is 0.0525. The Bertz CT molecular complexity index is 1160. The topological polar surface area (TPSA) is 94.1 Å². The molecule has 0 aliphatic heterocycles. The zero-order valence-corrected chi connectivity index (χ0v) is 18.0. The number of ketones is 1. The molecule has 0 spiro atoms. The molecule has 0 unspecified atom stereocenters. The second kappa shape index (κ2) is 8.79. The highest BCUT2D eigenvalue weighted by molar-refractivity contribution is 7.99. The van der Waals surface area contributed by atoms with Crippen molar-refractivity contribution < 1.29 is 14.3 Å². The predicted molar refractivity (Wildman–Crippen MR) is 115 cm³/mol. The molecule has 0 saturated carbocycles. The number of fused-ring (bicyclic) bond motifs is 1. The summed E-state index contributed by atoms with van der Waals surface area (Å²) in [5.41, 5.74) is 1.77. The van der Waals surface area contributed by atoms with E-state index in [1.54, 1.807) is 32.9 Å². The van der Waals surface area contributed by atoms with Crippen LogP contribution in [-0.4, -0.2) is 38.6 Å². The third-order valence-corrected chi connectivity index (χ3v) is 6.17. The summed E-state index contributed by atoms with van der Waals surface area (Å²) in [5, 5.41) is 2.84. The smallest absolute Gasteiger partial charge is 0.340 e. The quantitative estimate of drug-likeness (QED) is 0.192. The molecule has 3 aromatic heterocycles. The normalized spacial score (nSPS) is 11.0. The average molecular weight is 432 g/mol. The van der Waals surface area contributed by atoms with E-state index >= 15 is 0 Å². The number of thiophene rings is 1. The number of hydrogen-bond acceptors (Lipinski definition) is 7. The molecule has 7 nitrogen and oxygen atoms in total. The van der Waals surface area contributed by atoms with Gasteiger partial charge in [0, 0.05) is 12.2 Å². The highest BCUT2D eigenvalue weighted by atomic mass is 32.2. The van der Waals surface area contributed by atoms with E-state index in [1.807, 2.05) is 5.38 Å². The van der Waals surface area contributed by atoms with Crippen molar-refractivity contribution >= 4 is 45.1 Å². The minimum absolute atomic E-state index is 0.0729. The molecule has 0 saturated heterocycles. The summed E-state index contributed by atoms with van der Waals surface area (Å²) in [4.78, 5) is 45.8. The van der Waals surface area contributed by atoms with Crippen LogP contribution in [0.2, 0.25) is 0 Å². The van der Waals surface area contributed by atoms with E-state index in [0.29, 0.717) is 44.4 Å². The molecule has 152 valence electrons. The highest BCUT2D eigenvalue weighted by Gasteiger charge is 2.23. The number of aromatic nitrogens is 3. The minimum Gasteiger partial charge on any atom is -0.462 e. The molecule has 0 amide bonds. The van der Waals surface area contributed by atoms with Crippen LogP contribution in [0.5, 0.6) is 0 Å². The number of nitrogens with zero attached hydrogens (tertiary/aromatic N) is 2. The van der Waals surface area contributed by atoms with Crippen molar-refractivity contribution in [2.45, 2.75) is 32.5 Å². The Balaban J connectivity index is 1.87. The maximum absolute atomic E-state index is 12.8. The number of carbonyl (C=O) groups is 2. The van der Waals surface area contributed by atoms with Gasteiger partial charge in [-0.15, -0.1) is 17.9 Å². The van der Waals surface area contributed by atoms with Crippen molar-refractivity contribution in [1.29, 1.82) is 0 Å². The van der Waals surface area contributed by atoms with Crippen LogP contribution in [0.15, 0.2) is 34.1 Å². The summed E-state index contributed by atoms with van der Waals surface area (Å²) in [6, 6.07) is 1.75. The van der Waals surface area contributed by atoms with Crippen LogP contribution in [-0.2, 0) is 11.3 Å². The van der Waals surface area contributed by atoms with Crippen molar-refractivity contribution in [2.75, 3.05) is 12.4 Å². The Labute approximate surface area is 175 Å². The van der Waals surface area contributed by atoms with E-state index in [4.69, 9.17) is 4.74 Å². The predicted octanol–water partition coefficient (Wildman–Crippen LogP) is 3.74. The molecule has 0 fully saturated rings. The number of aryl methyl sites for hydroxylation is 1. The van der Waals surface area contributed by atoms with Gasteiger partial charge in [0.1, 0.15) is 4.83 Å². The lowest BCUT2D eigenvalue weighted by Crippen LogP contribution is -2.22. The van der Waals surface area contributed by atoms with Gasteiger partial charge < -0.3 is 9.72 Å². The monoisotopic (exact) mass is 431 g/mol. The van der Waals surface area contributed by atoms with Gasteiger partial charge in [-0.3, -0.25) is 14.2 Å². The number of allylic oxidation sites excluding steroid dienone is 1. The average Bonchev–Trinajstić information content (AvgIpc) is 3.26. The van der Waals surface area contributed by atoms with Crippen molar-refractivity contribution in [3.8, 4) is 0 Å². The molecule has 3 heterocycles. The van der Waals surface area contributed by atoms with Gasteiger partial charge >= 0.3 is 5.97 Å². The first-order valence-electron chi connectivity index (χ1n) is 9.00. The highest BCUT2D eigenvalue weighted by Crippen LogP contribution is 2.24. The summed E-state index contributed by atoms with van der Waals surface area (Å²) in [6.45, 7) is 9.45. The van der Waals surface area contributed by atoms with E-state index < -0.39 is 5.97 Å². The maximum Gasteiger partial charge on any atom is 0.340 e. The number of esters is 1. The number of aromatic amines is 1. The zero-order valence-electron chi connectivity index (χ0n) is 16.4. The Kier molecular flexibility index (Phi) is 6.39. The van der Waals surface area contributed by atoms with Gasteiger partial charge in [-0.2, -0.15) is 0 Å². The minimum atomic E-state index is -0.449. The number of nitrogens with one attached hydrogen (secondary N) is 1. The summed E-state index contributed by atoms with van der Waals surface area (Å²) in [7, 11) is 0. The van der Waals surface area contributed by atoms with E-state index in [2.05, 4.69) is 16.5 Å². The number of rotatable bonds is 8. The zero-order chi connectivity index (χ0) is 21.1. The van der Waals surface area contributed by atoms with Crippen molar-refractivity contribution in [2.24, 2.45) is 0 Å². The molecule has 0 bridgehead atoms. The molecule has 9 heteroatoms. The van der Waals surface area contributed by atoms with Crippen molar-refractivity contribution in [3.05, 3.63) is 57.0 Å². The standard InChI is InChI=1S/C20H21N3O4S2/c1-5-8-23-18(25)13-7-9-28-17(13)22-20(23)29-10-14(24)16-11(3)15(12(4)21-16)19(26)27-6-2/h5,7,9,21H,1,6,8,10H2,2-4H3. The van der Waals surface area contributed by atoms with Gasteiger partial charge in [-0.05, 0) is 37.8 Å². The fourth-order valence-electron chi connectivity index (χ4n) is 3.07. The fourth-order valence-corrected chi connectivity index (χ4v) is 4.76. The third kappa shape index (κ3) is 4.06. The Morgan fingerprint density at radius 1 is 1.41 bits per heavy atom. The number of thioether (sulfide) groups is 1. The SMILES string of the molecule is C=CCn1c(SCC(=O)c2[nH]c(C)c(C(=O)OCC)c2C)nc2sccc2c1=O. The van der Waals surface area contributed by atoms with Crippen LogP contribution in [0.3, 0.4) is 0 Å². The van der Waals surface area contributed by atoms with Crippen molar-refractivity contribution in [1.82, 2.24) is 14.5 Å². The van der Waals surface area contributed by atoms with E-state index in [9.17, 15) is 14.4 Å².